The zero-order valence-corrected chi connectivity index (χ0v) is 12.0. The topological polar surface area (TPSA) is 104 Å². The van der Waals surface area contributed by atoms with Gasteiger partial charge in [-0.2, -0.15) is 5.10 Å². The molecule has 0 saturated heterocycles. The maximum absolute atomic E-state index is 12.1. The molecule has 0 unspecified atom stereocenters. The smallest absolute Gasteiger partial charge is 0.322 e. The number of anilines is 1. The Balaban J connectivity index is 1.55. The number of carbonyl (C=O) groups excluding carboxylic acids is 1. The van der Waals surface area contributed by atoms with Crippen molar-refractivity contribution in [3.63, 3.8) is 0 Å². The van der Waals surface area contributed by atoms with E-state index in [0.717, 1.165) is 0 Å². The summed E-state index contributed by atoms with van der Waals surface area (Å²) >= 11 is 0. The second-order valence-corrected chi connectivity index (χ2v) is 4.77. The second-order valence-electron chi connectivity index (χ2n) is 4.77. The van der Waals surface area contributed by atoms with Gasteiger partial charge in [-0.1, -0.05) is 5.10 Å². The predicted octanol–water partition coefficient (Wildman–Crippen LogP) is 1.45. The first-order chi connectivity index (χ1) is 11.2. The molecule has 1 aliphatic heterocycles. The number of hydrogen-bond acceptors (Lipinski definition) is 7. The van der Waals surface area contributed by atoms with Crippen molar-refractivity contribution < 1.29 is 18.7 Å². The van der Waals surface area contributed by atoms with Crippen molar-refractivity contribution in [3.8, 4) is 23.0 Å². The van der Waals surface area contributed by atoms with Crippen LogP contribution >= 0.6 is 0 Å². The Hall–Kier alpha value is -3.36. The third kappa shape index (κ3) is 2.37. The van der Waals surface area contributed by atoms with E-state index < -0.39 is 0 Å². The van der Waals surface area contributed by atoms with Crippen molar-refractivity contribution >= 4 is 11.9 Å². The Morgan fingerprint density at radius 3 is 2.91 bits per heavy atom. The van der Waals surface area contributed by atoms with Crippen LogP contribution < -0.4 is 14.8 Å². The number of benzene rings is 1. The number of ether oxygens (including phenoxy) is 2. The molecule has 0 radical (unpaired) electrons. The van der Waals surface area contributed by atoms with Gasteiger partial charge in [-0.3, -0.25) is 14.8 Å². The Morgan fingerprint density at radius 1 is 1.22 bits per heavy atom. The summed E-state index contributed by atoms with van der Waals surface area (Å²) in [5.74, 6) is 1.16. The minimum Gasteiger partial charge on any atom is -0.454 e. The first-order valence-corrected chi connectivity index (χ1v) is 6.73. The van der Waals surface area contributed by atoms with E-state index in [1.54, 1.807) is 31.3 Å². The fraction of sp³-hybridized carbons (Fsp3) is 0.143. The second kappa shape index (κ2) is 5.13. The van der Waals surface area contributed by atoms with E-state index in [-0.39, 0.29) is 24.6 Å². The quantitative estimate of drug-likeness (QED) is 0.780. The van der Waals surface area contributed by atoms with Gasteiger partial charge < -0.3 is 13.9 Å². The molecule has 0 fully saturated rings. The van der Waals surface area contributed by atoms with Gasteiger partial charge in [0, 0.05) is 18.8 Å². The Morgan fingerprint density at radius 2 is 2.09 bits per heavy atom. The minimum absolute atomic E-state index is 0.00358. The SMILES string of the molecule is Cn1nccc1C(=O)Nc1nnc(-c2ccc3c(c2)OCO3)o1. The van der Waals surface area contributed by atoms with Crippen molar-refractivity contribution in [3.05, 3.63) is 36.2 Å². The van der Waals surface area contributed by atoms with E-state index in [1.165, 1.54) is 10.9 Å². The van der Waals surface area contributed by atoms with Crippen LogP contribution in [0.1, 0.15) is 10.5 Å². The highest BCUT2D eigenvalue weighted by Gasteiger charge is 2.18. The van der Waals surface area contributed by atoms with E-state index in [4.69, 9.17) is 13.9 Å². The molecule has 23 heavy (non-hydrogen) atoms. The summed E-state index contributed by atoms with van der Waals surface area (Å²) in [4.78, 5) is 12.1. The lowest BCUT2D eigenvalue weighted by Crippen LogP contribution is -2.16. The van der Waals surface area contributed by atoms with Gasteiger partial charge in [0.05, 0.1) is 0 Å². The van der Waals surface area contributed by atoms with Gasteiger partial charge in [0.1, 0.15) is 5.69 Å². The van der Waals surface area contributed by atoms with Crippen molar-refractivity contribution in [2.45, 2.75) is 0 Å². The highest BCUT2D eigenvalue weighted by molar-refractivity contribution is 6.01. The fourth-order valence-electron chi connectivity index (χ4n) is 2.18. The Kier molecular flexibility index (Phi) is 2.97. The number of aromatic nitrogens is 4. The third-order valence-electron chi connectivity index (χ3n) is 3.32. The Bertz CT molecular complexity index is 885. The number of rotatable bonds is 3. The van der Waals surface area contributed by atoms with E-state index in [1.807, 2.05) is 0 Å². The molecule has 0 spiro atoms. The van der Waals surface area contributed by atoms with Crippen molar-refractivity contribution in [1.82, 2.24) is 20.0 Å². The molecule has 3 heterocycles. The standard InChI is InChI=1S/C14H11N5O4/c1-19-9(4-5-15-19)12(20)16-14-18-17-13(23-14)8-2-3-10-11(6-8)22-7-21-10/h2-6H,7H2,1H3,(H,16,18,20). The van der Waals surface area contributed by atoms with Gasteiger partial charge >= 0.3 is 6.01 Å². The molecule has 0 atom stereocenters. The number of hydrogen-bond donors (Lipinski definition) is 1. The van der Waals surface area contributed by atoms with Crippen LogP contribution in [0.4, 0.5) is 6.01 Å². The van der Waals surface area contributed by atoms with Gasteiger partial charge in [-0.05, 0) is 24.3 Å². The number of amides is 1. The zero-order valence-electron chi connectivity index (χ0n) is 12.0. The molecule has 0 aliphatic carbocycles. The number of carbonyl (C=O) groups is 1. The highest BCUT2D eigenvalue weighted by atomic mass is 16.7. The number of fused-ring (bicyclic) bond motifs is 1. The zero-order chi connectivity index (χ0) is 15.8. The third-order valence-corrected chi connectivity index (χ3v) is 3.32. The van der Waals surface area contributed by atoms with Gasteiger partial charge in [-0.25, -0.2) is 0 Å². The average molecular weight is 313 g/mol. The molecule has 1 aliphatic rings. The van der Waals surface area contributed by atoms with Crippen LogP contribution in [-0.2, 0) is 7.05 Å². The van der Waals surface area contributed by atoms with Gasteiger partial charge in [-0.15, -0.1) is 5.10 Å². The molecular weight excluding hydrogens is 302 g/mol. The van der Waals surface area contributed by atoms with Crippen LogP contribution in [0.25, 0.3) is 11.5 Å². The highest BCUT2D eigenvalue weighted by Crippen LogP contribution is 2.35. The normalized spacial score (nSPS) is 12.4. The molecule has 4 rings (SSSR count). The molecule has 116 valence electrons. The number of aryl methyl sites for hydroxylation is 1. The van der Waals surface area contributed by atoms with Crippen molar-refractivity contribution in [2.75, 3.05) is 12.1 Å². The maximum Gasteiger partial charge on any atom is 0.322 e. The molecule has 3 aromatic rings. The number of nitrogens with one attached hydrogen (secondary N) is 1. The molecular formula is C14H11N5O4. The van der Waals surface area contributed by atoms with Crippen molar-refractivity contribution in [2.24, 2.45) is 7.05 Å². The lowest BCUT2D eigenvalue weighted by atomic mass is 10.2. The van der Waals surface area contributed by atoms with Crippen LogP contribution in [0.15, 0.2) is 34.9 Å². The largest absolute Gasteiger partial charge is 0.454 e. The van der Waals surface area contributed by atoms with Gasteiger partial charge in [0.15, 0.2) is 11.5 Å². The molecule has 9 nitrogen and oxygen atoms in total. The summed E-state index contributed by atoms with van der Waals surface area (Å²) in [5.41, 5.74) is 1.05. The summed E-state index contributed by atoms with van der Waals surface area (Å²) < 4.78 is 17.5. The van der Waals surface area contributed by atoms with Gasteiger partial charge in [0.2, 0.25) is 12.7 Å². The molecule has 9 heteroatoms. The fourth-order valence-corrected chi connectivity index (χ4v) is 2.18. The van der Waals surface area contributed by atoms with Crippen LogP contribution in [0.2, 0.25) is 0 Å². The first-order valence-electron chi connectivity index (χ1n) is 6.73. The minimum atomic E-state index is -0.383. The van der Waals surface area contributed by atoms with Crippen LogP contribution in [-0.4, -0.2) is 32.7 Å². The van der Waals surface area contributed by atoms with E-state index in [9.17, 15) is 4.79 Å². The molecule has 2 aromatic heterocycles. The van der Waals surface area contributed by atoms with Gasteiger partial charge in [0.25, 0.3) is 5.91 Å². The lowest BCUT2D eigenvalue weighted by molar-refractivity contribution is 0.101. The van der Waals surface area contributed by atoms with Crippen molar-refractivity contribution in [1.29, 1.82) is 0 Å². The van der Waals surface area contributed by atoms with E-state index in [0.29, 0.717) is 22.8 Å². The molecule has 1 amide bonds. The summed E-state index contributed by atoms with van der Waals surface area (Å²) in [6.07, 6.45) is 1.53. The number of nitrogens with zero attached hydrogens (tertiary/aromatic N) is 4. The summed E-state index contributed by atoms with van der Waals surface area (Å²) in [5, 5.41) is 14.2. The average Bonchev–Trinajstić information content (AvgIpc) is 3.26. The van der Waals surface area contributed by atoms with Crippen LogP contribution in [0.3, 0.4) is 0 Å². The predicted molar refractivity (Wildman–Crippen MR) is 77.0 cm³/mol. The molecule has 1 N–H and O–H groups in total. The molecule has 0 bridgehead atoms. The Labute approximate surface area is 129 Å². The first kappa shape index (κ1) is 13.3. The van der Waals surface area contributed by atoms with E-state index in [2.05, 4.69) is 20.6 Å². The molecule has 0 saturated carbocycles. The summed E-state index contributed by atoms with van der Waals surface area (Å²) in [6.45, 7) is 0.189. The molecule has 1 aromatic carbocycles. The van der Waals surface area contributed by atoms with Crippen LogP contribution in [0.5, 0.6) is 11.5 Å². The summed E-state index contributed by atoms with van der Waals surface area (Å²) in [6, 6.07) is 6.86. The van der Waals surface area contributed by atoms with E-state index >= 15 is 0 Å². The van der Waals surface area contributed by atoms with Crippen LogP contribution in [0, 0.1) is 0 Å². The monoisotopic (exact) mass is 313 g/mol. The lowest BCUT2D eigenvalue weighted by Gasteiger charge is -2.00. The maximum atomic E-state index is 12.1. The summed E-state index contributed by atoms with van der Waals surface area (Å²) in [7, 11) is 1.67.